The average Bonchev–Trinajstić information content (AvgIpc) is 3.18. The van der Waals surface area contributed by atoms with Crippen LogP contribution >= 0.6 is 0 Å². The maximum Gasteiger partial charge on any atom is 0.255 e. The van der Waals surface area contributed by atoms with Gasteiger partial charge in [0.25, 0.3) is 5.91 Å². The summed E-state index contributed by atoms with van der Waals surface area (Å²) < 4.78 is 11.7. The highest BCUT2D eigenvalue weighted by Gasteiger charge is 2.49. The smallest absolute Gasteiger partial charge is 0.255 e. The topological polar surface area (TPSA) is 71.1 Å². The number of hydrogen-bond acceptors (Lipinski definition) is 5. The number of ether oxygens (including phenoxy) is 2. The Hall–Kier alpha value is -2.22. The molecular formula is C20H25N3O4. The Balaban J connectivity index is 1.51. The van der Waals surface area contributed by atoms with Crippen molar-refractivity contribution in [1.82, 2.24) is 9.80 Å². The minimum Gasteiger partial charge on any atom is -0.378 e. The summed E-state index contributed by atoms with van der Waals surface area (Å²) in [5.41, 5.74) is 0.827. The van der Waals surface area contributed by atoms with Crippen molar-refractivity contribution in [2.45, 2.75) is 24.4 Å². The molecule has 2 atom stereocenters. The normalized spacial score (nSPS) is 28.0. The minimum absolute atomic E-state index is 0.106. The summed E-state index contributed by atoms with van der Waals surface area (Å²) in [6, 6.07) is 7.36. The second-order valence-corrected chi connectivity index (χ2v) is 7.48. The zero-order chi connectivity index (χ0) is 18.9. The number of carbonyl (C=O) groups is 2. The Labute approximate surface area is 158 Å². The SMILES string of the molecule is C=CC(=O)Nc1cccc(C(=O)N2COC[C@]3(COC[C@H]4CCCN43)C2)c1. The van der Waals surface area contributed by atoms with Crippen LogP contribution in [-0.2, 0) is 14.3 Å². The summed E-state index contributed by atoms with van der Waals surface area (Å²) in [4.78, 5) is 28.8. The van der Waals surface area contributed by atoms with Gasteiger partial charge >= 0.3 is 0 Å². The van der Waals surface area contributed by atoms with Gasteiger partial charge in [-0.15, -0.1) is 0 Å². The number of nitrogens with zero attached hydrogens (tertiary/aromatic N) is 2. The van der Waals surface area contributed by atoms with Gasteiger partial charge in [-0.2, -0.15) is 0 Å². The van der Waals surface area contributed by atoms with Crippen molar-refractivity contribution in [3.8, 4) is 0 Å². The molecule has 1 spiro atoms. The van der Waals surface area contributed by atoms with E-state index in [1.54, 1.807) is 29.2 Å². The molecule has 0 radical (unpaired) electrons. The number of morpholine rings is 1. The summed E-state index contributed by atoms with van der Waals surface area (Å²) in [6.07, 6.45) is 3.50. The molecular weight excluding hydrogens is 346 g/mol. The van der Waals surface area contributed by atoms with Gasteiger partial charge in [0.15, 0.2) is 0 Å². The number of benzene rings is 1. The first-order valence-electron chi connectivity index (χ1n) is 9.36. The lowest BCUT2D eigenvalue weighted by molar-refractivity contribution is -0.164. The summed E-state index contributed by atoms with van der Waals surface area (Å²) >= 11 is 0. The molecule has 2 amide bonds. The second-order valence-electron chi connectivity index (χ2n) is 7.48. The molecule has 0 saturated carbocycles. The lowest BCUT2D eigenvalue weighted by Crippen LogP contribution is -2.69. The van der Waals surface area contributed by atoms with E-state index >= 15 is 0 Å². The molecule has 3 fully saturated rings. The zero-order valence-corrected chi connectivity index (χ0v) is 15.4. The van der Waals surface area contributed by atoms with Gasteiger partial charge in [-0.05, 0) is 43.7 Å². The fourth-order valence-electron chi connectivity index (χ4n) is 4.39. The van der Waals surface area contributed by atoms with Gasteiger partial charge in [-0.3, -0.25) is 14.5 Å². The molecule has 1 N–H and O–H groups in total. The number of nitrogens with one attached hydrogen (secondary N) is 1. The van der Waals surface area contributed by atoms with Gasteiger partial charge in [-0.1, -0.05) is 12.6 Å². The summed E-state index contributed by atoms with van der Waals surface area (Å²) in [5, 5.41) is 2.69. The molecule has 27 heavy (non-hydrogen) atoms. The molecule has 7 nitrogen and oxygen atoms in total. The molecule has 0 bridgehead atoms. The quantitative estimate of drug-likeness (QED) is 0.815. The zero-order valence-electron chi connectivity index (χ0n) is 15.4. The standard InChI is InChI=1S/C20H25N3O4/c1-2-18(24)21-16-6-3-5-15(9-16)19(25)22-11-20(13-27-14-22)12-26-10-17-7-4-8-23(17)20/h2-3,5-6,9,17H,1,4,7-8,10-14H2,(H,21,24)/t17-,20-/m1/s1. The van der Waals surface area contributed by atoms with Gasteiger partial charge in [0.1, 0.15) is 6.73 Å². The second kappa shape index (κ2) is 7.42. The number of fused-ring (bicyclic) bond motifs is 2. The molecule has 3 aliphatic heterocycles. The summed E-state index contributed by atoms with van der Waals surface area (Å²) in [7, 11) is 0. The van der Waals surface area contributed by atoms with Crippen molar-refractivity contribution in [3.63, 3.8) is 0 Å². The Morgan fingerprint density at radius 2 is 2.15 bits per heavy atom. The number of carbonyl (C=O) groups excluding carboxylic acids is 2. The van der Waals surface area contributed by atoms with Gasteiger partial charge in [-0.25, -0.2) is 0 Å². The van der Waals surface area contributed by atoms with Crippen LogP contribution in [0.5, 0.6) is 0 Å². The van der Waals surface area contributed by atoms with Crippen LogP contribution in [0.15, 0.2) is 36.9 Å². The Bertz CT molecular complexity index is 748. The van der Waals surface area contributed by atoms with Crippen molar-refractivity contribution in [1.29, 1.82) is 0 Å². The molecule has 0 aromatic heterocycles. The average molecular weight is 371 g/mol. The monoisotopic (exact) mass is 371 g/mol. The first-order chi connectivity index (χ1) is 13.1. The van der Waals surface area contributed by atoms with E-state index in [2.05, 4.69) is 16.8 Å². The van der Waals surface area contributed by atoms with Crippen LogP contribution in [0.1, 0.15) is 23.2 Å². The fraction of sp³-hybridized carbons (Fsp3) is 0.500. The van der Waals surface area contributed by atoms with Crippen molar-refractivity contribution in [3.05, 3.63) is 42.5 Å². The number of hydrogen-bond donors (Lipinski definition) is 1. The Morgan fingerprint density at radius 3 is 3.00 bits per heavy atom. The van der Waals surface area contributed by atoms with Gasteiger partial charge in [0.2, 0.25) is 5.91 Å². The molecule has 3 heterocycles. The molecule has 0 aliphatic carbocycles. The lowest BCUT2D eigenvalue weighted by atomic mass is 9.94. The molecule has 0 unspecified atom stereocenters. The van der Waals surface area contributed by atoms with E-state index in [0.29, 0.717) is 37.1 Å². The minimum atomic E-state index is -0.306. The highest BCUT2D eigenvalue weighted by Crippen LogP contribution is 2.34. The number of rotatable bonds is 3. The third-order valence-corrected chi connectivity index (χ3v) is 5.62. The molecule has 1 aromatic carbocycles. The Kier molecular flexibility index (Phi) is 4.99. The van der Waals surface area contributed by atoms with E-state index in [-0.39, 0.29) is 24.1 Å². The van der Waals surface area contributed by atoms with Crippen molar-refractivity contribution >= 4 is 17.5 Å². The van der Waals surface area contributed by atoms with Crippen molar-refractivity contribution in [2.24, 2.45) is 0 Å². The predicted octanol–water partition coefficient (Wildman–Crippen LogP) is 1.47. The Morgan fingerprint density at radius 1 is 1.30 bits per heavy atom. The van der Waals surface area contributed by atoms with Crippen molar-refractivity contribution < 1.29 is 19.1 Å². The van der Waals surface area contributed by atoms with E-state index in [9.17, 15) is 9.59 Å². The molecule has 1 aromatic rings. The molecule has 3 aliphatic rings. The van der Waals surface area contributed by atoms with E-state index < -0.39 is 0 Å². The molecule has 4 rings (SSSR count). The van der Waals surface area contributed by atoms with Crippen LogP contribution in [0.4, 0.5) is 5.69 Å². The summed E-state index contributed by atoms with van der Waals surface area (Å²) in [6.45, 7) is 7.26. The van der Waals surface area contributed by atoms with Crippen LogP contribution in [-0.4, -0.2) is 72.8 Å². The first-order valence-corrected chi connectivity index (χ1v) is 9.36. The maximum atomic E-state index is 13.1. The highest BCUT2D eigenvalue weighted by atomic mass is 16.5. The third-order valence-electron chi connectivity index (χ3n) is 5.62. The highest BCUT2D eigenvalue weighted by molar-refractivity contribution is 6.00. The van der Waals surface area contributed by atoms with Crippen LogP contribution in [0.25, 0.3) is 0 Å². The fourth-order valence-corrected chi connectivity index (χ4v) is 4.39. The van der Waals surface area contributed by atoms with Gasteiger partial charge in [0, 0.05) is 23.8 Å². The van der Waals surface area contributed by atoms with Gasteiger partial charge in [0.05, 0.1) is 25.4 Å². The largest absolute Gasteiger partial charge is 0.378 e. The third kappa shape index (κ3) is 3.50. The van der Waals surface area contributed by atoms with Crippen molar-refractivity contribution in [2.75, 3.05) is 45.0 Å². The van der Waals surface area contributed by atoms with Crippen LogP contribution in [0.2, 0.25) is 0 Å². The molecule has 3 saturated heterocycles. The summed E-state index contributed by atoms with van der Waals surface area (Å²) in [5.74, 6) is -0.413. The molecule has 7 heteroatoms. The van der Waals surface area contributed by atoms with E-state index in [4.69, 9.17) is 9.47 Å². The first kappa shape index (κ1) is 18.2. The maximum absolute atomic E-state index is 13.1. The predicted molar refractivity (Wildman–Crippen MR) is 100 cm³/mol. The van der Waals surface area contributed by atoms with Crippen LogP contribution in [0.3, 0.4) is 0 Å². The number of amides is 2. The van der Waals surface area contributed by atoms with Gasteiger partial charge < -0.3 is 19.7 Å². The van der Waals surface area contributed by atoms with Crippen LogP contribution in [0, 0.1) is 0 Å². The van der Waals surface area contributed by atoms with Crippen LogP contribution < -0.4 is 5.32 Å². The van der Waals surface area contributed by atoms with E-state index in [0.717, 1.165) is 26.0 Å². The number of anilines is 1. The molecule has 144 valence electrons. The van der Waals surface area contributed by atoms with E-state index in [1.165, 1.54) is 6.08 Å². The van der Waals surface area contributed by atoms with E-state index in [1.807, 2.05) is 0 Å². The lowest BCUT2D eigenvalue weighted by Gasteiger charge is -2.52.